The van der Waals surface area contributed by atoms with E-state index in [-0.39, 0.29) is 29.8 Å². The van der Waals surface area contributed by atoms with Crippen molar-refractivity contribution in [2.45, 2.75) is 20.0 Å². The van der Waals surface area contributed by atoms with Crippen LogP contribution in [0.1, 0.15) is 16.7 Å². The lowest BCUT2D eigenvalue weighted by molar-refractivity contribution is 0.567. The van der Waals surface area contributed by atoms with Crippen molar-refractivity contribution in [3.05, 3.63) is 128 Å². The summed E-state index contributed by atoms with van der Waals surface area (Å²) in [6.07, 6.45) is 1.40. The Balaban J connectivity index is 1.78. The molecule has 0 aliphatic heterocycles. The molecule has 3 aromatic carbocycles. The molecule has 0 fully saturated rings. The summed E-state index contributed by atoms with van der Waals surface area (Å²) in [6, 6.07) is 19.8. The fraction of sp³-hybridized carbons (Fsp3) is 0.115. The number of nitrogens with zero attached hydrogens (tertiary/aromatic N) is 4. The molecule has 2 aromatic heterocycles. The number of fused-ring (bicyclic) bond motifs is 1. The predicted molar refractivity (Wildman–Crippen MR) is 125 cm³/mol. The molecule has 5 rings (SSSR count). The van der Waals surface area contributed by atoms with E-state index in [0.717, 1.165) is 27.8 Å². The molecule has 2 heterocycles. The molecule has 0 atom stereocenters. The summed E-state index contributed by atoms with van der Waals surface area (Å²) < 4.78 is 31.8. The Labute approximate surface area is 193 Å². The Morgan fingerprint density at radius 3 is 2.35 bits per heavy atom. The van der Waals surface area contributed by atoms with Gasteiger partial charge in [-0.25, -0.2) is 23.1 Å². The minimum absolute atomic E-state index is 0.0465. The van der Waals surface area contributed by atoms with E-state index < -0.39 is 22.9 Å². The number of halogens is 2. The van der Waals surface area contributed by atoms with Gasteiger partial charge in [0.05, 0.1) is 25.1 Å². The quantitative estimate of drug-likeness (QED) is 0.400. The van der Waals surface area contributed by atoms with Crippen LogP contribution in [0.4, 0.5) is 8.78 Å². The second-order valence-electron chi connectivity index (χ2n) is 8.06. The molecule has 0 saturated carbocycles. The van der Waals surface area contributed by atoms with Crippen LogP contribution < -0.4 is 11.2 Å². The molecular weight excluding hydrogens is 438 g/mol. The van der Waals surface area contributed by atoms with Crippen molar-refractivity contribution in [1.29, 1.82) is 0 Å². The van der Waals surface area contributed by atoms with Crippen molar-refractivity contribution in [2.24, 2.45) is 0 Å². The van der Waals surface area contributed by atoms with Gasteiger partial charge in [-0.3, -0.25) is 9.36 Å². The van der Waals surface area contributed by atoms with Crippen molar-refractivity contribution in [3.8, 4) is 5.69 Å². The molecule has 5 aromatic rings. The number of imidazole rings is 1. The topological polar surface area (TPSA) is 61.8 Å². The normalized spacial score (nSPS) is 11.3. The van der Waals surface area contributed by atoms with Crippen molar-refractivity contribution in [1.82, 2.24) is 18.7 Å². The van der Waals surface area contributed by atoms with Crippen LogP contribution in [0.2, 0.25) is 0 Å². The van der Waals surface area contributed by atoms with Gasteiger partial charge in [0.15, 0.2) is 11.2 Å². The highest BCUT2D eigenvalue weighted by Crippen LogP contribution is 2.19. The number of rotatable bonds is 5. The standard InChI is InChI=1S/C26H20F2N4O2/c1-17-7-5-6-10-22(17)32-24-23(25(33)31(26(32)34)14-18-8-3-2-4-9-18)30(16-29-24)15-19-11-12-20(27)13-21(19)28/h2-13,16H,14-15H2,1H3. The maximum Gasteiger partial charge on any atom is 0.337 e. The van der Waals surface area contributed by atoms with Crippen molar-refractivity contribution < 1.29 is 8.78 Å². The SMILES string of the molecule is Cc1ccccc1-n1c(=O)n(Cc2ccccc2)c(=O)c2c1ncn2Cc1ccc(F)cc1F. The van der Waals surface area contributed by atoms with E-state index in [9.17, 15) is 18.4 Å². The van der Waals surface area contributed by atoms with E-state index in [1.165, 1.54) is 21.5 Å². The fourth-order valence-corrected chi connectivity index (χ4v) is 4.07. The van der Waals surface area contributed by atoms with Crippen LogP contribution in [-0.4, -0.2) is 18.7 Å². The number of aryl methyl sites for hydroxylation is 1. The first kappa shape index (κ1) is 21.5. The van der Waals surface area contributed by atoms with Crippen LogP contribution in [0.5, 0.6) is 0 Å². The number of aromatic nitrogens is 4. The smallest absolute Gasteiger partial charge is 0.320 e. The van der Waals surface area contributed by atoms with Gasteiger partial charge in [-0.1, -0.05) is 54.6 Å². The summed E-state index contributed by atoms with van der Waals surface area (Å²) in [7, 11) is 0. The van der Waals surface area contributed by atoms with E-state index >= 15 is 0 Å². The van der Waals surface area contributed by atoms with Crippen molar-refractivity contribution >= 4 is 11.2 Å². The summed E-state index contributed by atoms with van der Waals surface area (Å²) in [4.78, 5) is 31.5. The average molecular weight is 458 g/mol. The first-order valence-electron chi connectivity index (χ1n) is 10.7. The van der Waals surface area contributed by atoms with E-state index in [0.29, 0.717) is 5.69 Å². The maximum absolute atomic E-state index is 14.4. The molecule has 0 radical (unpaired) electrons. The molecule has 34 heavy (non-hydrogen) atoms. The fourth-order valence-electron chi connectivity index (χ4n) is 4.07. The molecule has 8 heteroatoms. The Kier molecular flexibility index (Phi) is 5.41. The van der Waals surface area contributed by atoms with Crippen LogP contribution >= 0.6 is 0 Å². The zero-order valence-electron chi connectivity index (χ0n) is 18.3. The zero-order valence-corrected chi connectivity index (χ0v) is 18.3. The average Bonchev–Trinajstić information content (AvgIpc) is 3.24. The highest BCUT2D eigenvalue weighted by molar-refractivity contribution is 5.73. The van der Waals surface area contributed by atoms with Gasteiger partial charge < -0.3 is 4.57 Å². The summed E-state index contributed by atoms with van der Waals surface area (Å²) in [5.74, 6) is -1.41. The summed E-state index contributed by atoms with van der Waals surface area (Å²) in [5.41, 5.74) is 1.69. The van der Waals surface area contributed by atoms with Gasteiger partial charge >= 0.3 is 5.69 Å². The van der Waals surface area contributed by atoms with Gasteiger partial charge in [-0.2, -0.15) is 0 Å². The van der Waals surface area contributed by atoms with Crippen molar-refractivity contribution in [3.63, 3.8) is 0 Å². The lowest BCUT2D eigenvalue weighted by atomic mass is 10.2. The Morgan fingerprint density at radius 1 is 0.882 bits per heavy atom. The Morgan fingerprint density at radius 2 is 1.62 bits per heavy atom. The van der Waals surface area contributed by atoms with Gasteiger partial charge in [0.25, 0.3) is 5.56 Å². The monoisotopic (exact) mass is 458 g/mol. The number of benzene rings is 3. The molecule has 0 amide bonds. The molecule has 0 aliphatic carbocycles. The molecule has 0 unspecified atom stereocenters. The van der Waals surface area contributed by atoms with E-state index in [1.807, 2.05) is 49.4 Å². The molecular formula is C26H20F2N4O2. The molecule has 170 valence electrons. The largest absolute Gasteiger partial charge is 0.337 e. The molecule has 6 nitrogen and oxygen atoms in total. The first-order valence-corrected chi connectivity index (χ1v) is 10.7. The van der Waals surface area contributed by atoms with Crippen LogP contribution in [0.3, 0.4) is 0 Å². The zero-order chi connectivity index (χ0) is 23.8. The predicted octanol–water partition coefficient (Wildman–Crippen LogP) is 4.03. The van der Waals surface area contributed by atoms with Gasteiger partial charge in [0.1, 0.15) is 11.6 Å². The second kappa shape index (κ2) is 8.55. The molecule has 0 aliphatic rings. The van der Waals surface area contributed by atoms with E-state index in [4.69, 9.17) is 0 Å². The van der Waals surface area contributed by atoms with E-state index in [1.54, 1.807) is 12.1 Å². The van der Waals surface area contributed by atoms with Gasteiger partial charge in [-0.15, -0.1) is 0 Å². The number of hydrogen-bond donors (Lipinski definition) is 0. The summed E-state index contributed by atoms with van der Waals surface area (Å²) in [5, 5.41) is 0. The molecule has 0 saturated heterocycles. The van der Waals surface area contributed by atoms with Crippen LogP contribution in [-0.2, 0) is 13.1 Å². The summed E-state index contributed by atoms with van der Waals surface area (Å²) >= 11 is 0. The Bertz CT molecular complexity index is 1640. The molecule has 0 spiro atoms. The second-order valence-corrected chi connectivity index (χ2v) is 8.06. The maximum atomic E-state index is 14.4. The van der Waals surface area contributed by atoms with Crippen LogP contribution in [0.15, 0.2) is 88.7 Å². The van der Waals surface area contributed by atoms with Gasteiger partial charge in [0, 0.05) is 11.6 Å². The lowest BCUT2D eigenvalue weighted by Crippen LogP contribution is -2.40. The third-order valence-corrected chi connectivity index (χ3v) is 5.80. The highest BCUT2D eigenvalue weighted by Gasteiger charge is 2.21. The first-order chi connectivity index (χ1) is 16.4. The molecule has 0 bridgehead atoms. The number of hydrogen-bond acceptors (Lipinski definition) is 3. The molecule has 0 N–H and O–H groups in total. The minimum Gasteiger partial charge on any atom is -0.320 e. The third-order valence-electron chi connectivity index (χ3n) is 5.80. The van der Waals surface area contributed by atoms with Gasteiger partial charge in [0.2, 0.25) is 0 Å². The van der Waals surface area contributed by atoms with E-state index in [2.05, 4.69) is 4.98 Å². The van der Waals surface area contributed by atoms with Crippen LogP contribution in [0.25, 0.3) is 16.9 Å². The Hall–Kier alpha value is -4.33. The minimum atomic E-state index is -0.723. The van der Waals surface area contributed by atoms with Crippen molar-refractivity contribution in [2.75, 3.05) is 0 Å². The lowest BCUT2D eigenvalue weighted by Gasteiger charge is -2.14. The summed E-state index contributed by atoms with van der Waals surface area (Å²) in [6.45, 7) is 1.89. The highest BCUT2D eigenvalue weighted by atomic mass is 19.1. The van der Waals surface area contributed by atoms with Crippen LogP contribution in [0, 0.1) is 18.6 Å². The number of para-hydroxylation sites is 1. The van der Waals surface area contributed by atoms with Gasteiger partial charge in [-0.05, 0) is 30.2 Å². The third kappa shape index (κ3) is 3.73.